The maximum atomic E-state index is 13.4. The van der Waals surface area contributed by atoms with Crippen molar-refractivity contribution in [1.82, 2.24) is 18.9 Å². The minimum absolute atomic E-state index is 0.298. The van der Waals surface area contributed by atoms with Crippen molar-refractivity contribution < 1.29 is 9.31 Å². The number of fused-ring (bicyclic) bond motifs is 1. The van der Waals surface area contributed by atoms with Gasteiger partial charge in [0.1, 0.15) is 5.82 Å². The van der Waals surface area contributed by atoms with Crippen LogP contribution in [0.25, 0.3) is 33.0 Å². The summed E-state index contributed by atoms with van der Waals surface area (Å²) >= 11 is 0. The summed E-state index contributed by atoms with van der Waals surface area (Å²) in [6.45, 7) is 9.38. The first-order valence-electron chi connectivity index (χ1n) is 8.39. The highest BCUT2D eigenvalue weighted by molar-refractivity contribution is 5.80. The van der Waals surface area contributed by atoms with Gasteiger partial charge in [-0.25, -0.2) is 18.3 Å². The Morgan fingerprint density at radius 1 is 1.21 bits per heavy atom. The summed E-state index contributed by atoms with van der Waals surface area (Å²) in [5.41, 5.74) is 2.68. The molecular formula is C19H13FN6O2. The van der Waals surface area contributed by atoms with Crippen LogP contribution in [0.5, 0.6) is 0 Å². The van der Waals surface area contributed by atoms with Crippen LogP contribution in [-0.4, -0.2) is 23.9 Å². The first-order chi connectivity index (χ1) is 13.5. The van der Waals surface area contributed by atoms with Crippen molar-refractivity contribution in [2.24, 2.45) is 0 Å². The molecule has 4 rings (SSSR count). The molecule has 0 aliphatic heterocycles. The molecule has 0 saturated carbocycles. The zero-order valence-corrected chi connectivity index (χ0v) is 14.7. The van der Waals surface area contributed by atoms with E-state index in [1.807, 2.05) is 0 Å². The Morgan fingerprint density at radius 2 is 1.93 bits per heavy atom. The summed E-state index contributed by atoms with van der Waals surface area (Å²) in [6, 6.07) is 9.14. The quantitative estimate of drug-likeness (QED) is 0.299. The van der Waals surface area contributed by atoms with E-state index in [-0.39, 0.29) is 5.95 Å². The van der Waals surface area contributed by atoms with Gasteiger partial charge in [0, 0.05) is 11.6 Å². The molecule has 0 saturated heterocycles. The highest BCUT2D eigenvalue weighted by atomic mass is 19.1. The molecule has 0 N–H and O–H groups in total. The number of hydrogen-bond acceptors (Lipinski definition) is 4. The van der Waals surface area contributed by atoms with Crippen LogP contribution in [0, 0.1) is 22.5 Å². The number of aromatic nitrogens is 4. The summed E-state index contributed by atoms with van der Waals surface area (Å²) in [6.07, 6.45) is 3.17. The highest BCUT2D eigenvalue weighted by Crippen LogP contribution is 2.36. The van der Waals surface area contributed by atoms with Crippen LogP contribution in [0.4, 0.5) is 16.2 Å². The van der Waals surface area contributed by atoms with Gasteiger partial charge in [0.15, 0.2) is 11.4 Å². The number of imidazole rings is 2. The van der Waals surface area contributed by atoms with Gasteiger partial charge >= 0.3 is 5.95 Å². The molecule has 8 nitrogen and oxygen atoms in total. The standard InChI is InChI=1S/C19H13FN6O2/c1-3-24-18(13-6-9-15-22-10-16(21-2)25(15)11-13)17(23-19(24)26(27)28)12-4-7-14(20)8-5-12/h4-11H,3H2,1H3. The van der Waals surface area contributed by atoms with Gasteiger partial charge in [0.25, 0.3) is 5.82 Å². The predicted molar refractivity (Wildman–Crippen MR) is 100 cm³/mol. The van der Waals surface area contributed by atoms with Crippen LogP contribution >= 0.6 is 0 Å². The van der Waals surface area contributed by atoms with Crippen LogP contribution in [-0.2, 0) is 6.54 Å². The van der Waals surface area contributed by atoms with E-state index < -0.39 is 10.7 Å². The van der Waals surface area contributed by atoms with Crippen molar-refractivity contribution in [3.8, 4) is 22.5 Å². The summed E-state index contributed by atoms with van der Waals surface area (Å²) in [5.74, 6) is -0.374. The average Bonchev–Trinajstić information content (AvgIpc) is 3.29. The summed E-state index contributed by atoms with van der Waals surface area (Å²) < 4.78 is 16.5. The van der Waals surface area contributed by atoms with Crippen molar-refractivity contribution in [2.75, 3.05) is 0 Å². The van der Waals surface area contributed by atoms with Gasteiger partial charge in [-0.3, -0.25) is 0 Å². The van der Waals surface area contributed by atoms with Crippen molar-refractivity contribution in [2.45, 2.75) is 13.5 Å². The molecule has 1 aromatic carbocycles. The van der Waals surface area contributed by atoms with E-state index in [2.05, 4.69) is 14.8 Å². The molecule has 3 heterocycles. The number of nitrogens with zero attached hydrogens (tertiary/aromatic N) is 6. The number of pyridine rings is 1. The monoisotopic (exact) mass is 376 g/mol. The molecule has 0 spiro atoms. The third kappa shape index (κ3) is 2.68. The third-order valence-corrected chi connectivity index (χ3v) is 4.42. The van der Waals surface area contributed by atoms with Gasteiger partial charge in [0.05, 0.1) is 24.5 Å². The van der Waals surface area contributed by atoms with Crippen molar-refractivity contribution >= 4 is 17.4 Å². The Kier molecular flexibility index (Phi) is 4.08. The molecule has 0 bridgehead atoms. The summed E-state index contributed by atoms with van der Waals surface area (Å²) in [4.78, 5) is 22.8. The zero-order valence-electron chi connectivity index (χ0n) is 14.7. The topological polar surface area (TPSA) is 82.6 Å². The number of benzene rings is 1. The fourth-order valence-electron chi connectivity index (χ4n) is 3.17. The van der Waals surface area contributed by atoms with Crippen molar-refractivity contribution in [3.63, 3.8) is 0 Å². The molecule has 3 aromatic heterocycles. The van der Waals surface area contributed by atoms with E-state index in [0.717, 1.165) is 0 Å². The minimum Gasteiger partial charge on any atom is -0.390 e. The Labute approximate surface area is 158 Å². The lowest BCUT2D eigenvalue weighted by molar-refractivity contribution is -0.396. The summed E-state index contributed by atoms with van der Waals surface area (Å²) in [7, 11) is 0. The van der Waals surface area contributed by atoms with E-state index >= 15 is 0 Å². The number of hydrogen-bond donors (Lipinski definition) is 0. The van der Waals surface area contributed by atoms with Gasteiger partial charge in [-0.05, 0) is 42.2 Å². The fraction of sp³-hybridized carbons (Fsp3) is 0.105. The normalized spacial score (nSPS) is 10.9. The van der Waals surface area contributed by atoms with Crippen molar-refractivity contribution in [3.05, 3.63) is 76.1 Å². The van der Waals surface area contributed by atoms with Crippen LogP contribution in [0.2, 0.25) is 0 Å². The van der Waals surface area contributed by atoms with Crippen LogP contribution < -0.4 is 0 Å². The van der Waals surface area contributed by atoms with E-state index in [4.69, 9.17) is 6.57 Å². The molecule has 0 aliphatic carbocycles. The molecule has 28 heavy (non-hydrogen) atoms. The first-order valence-corrected chi connectivity index (χ1v) is 8.39. The lowest BCUT2D eigenvalue weighted by Crippen LogP contribution is -2.03. The number of rotatable bonds is 4. The van der Waals surface area contributed by atoms with Gasteiger partial charge in [-0.2, -0.15) is 0 Å². The number of nitro groups is 1. The Bertz CT molecular complexity index is 1250. The van der Waals surface area contributed by atoms with E-state index in [0.29, 0.717) is 40.5 Å². The second-order valence-corrected chi connectivity index (χ2v) is 5.99. The third-order valence-electron chi connectivity index (χ3n) is 4.42. The van der Waals surface area contributed by atoms with Crippen LogP contribution in [0.15, 0.2) is 48.8 Å². The van der Waals surface area contributed by atoms with Gasteiger partial charge < -0.3 is 15.0 Å². The molecule has 4 aromatic rings. The van der Waals surface area contributed by atoms with Crippen LogP contribution in [0.3, 0.4) is 0 Å². The lowest BCUT2D eigenvalue weighted by Gasteiger charge is -2.05. The minimum atomic E-state index is -0.541. The average molecular weight is 376 g/mol. The Hall–Kier alpha value is -4.06. The van der Waals surface area contributed by atoms with Crippen LogP contribution in [0.1, 0.15) is 6.92 Å². The Morgan fingerprint density at radius 3 is 2.57 bits per heavy atom. The SMILES string of the molecule is [C-]#[N+]c1cnc2ccc(-c3c(-c4ccc(F)cc4)nc([N+](=O)[O-])n3CC)cn12. The van der Waals surface area contributed by atoms with E-state index in [1.54, 1.807) is 29.7 Å². The largest absolute Gasteiger partial charge is 0.435 e. The first kappa shape index (κ1) is 17.4. The molecule has 0 unspecified atom stereocenters. The Balaban J connectivity index is 2.03. The molecule has 0 fully saturated rings. The van der Waals surface area contributed by atoms with E-state index in [1.165, 1.54) is 35.0 Å². The lowest BCUT2D eigenvalue weighted by atomic mass is 10.1. The smallest absolute Gasteiger partial charge is 0.390 e. The highest BCUT2D eigenvalue weighted by Gasteiger charge is 2.29. The molecule has 0 radical (unpaired) electrons. The maximum Gasteiger partial charge on any atom is 0.435 e. The molecule has 0 amide bonds. The van der Waals surface area contributed by atoms with Gasteiger partial charge in [-0.1, -0.05) is 11.6 Å². The molecule has 0 aliphatic rings. The zero-order chi connectivity index (χ0) is 19.8. The maximum absolute atomic E-state index is 13.4. The second kappa shape index (κ2) is 6.59. The van der Waals surface area contributed by atoms with Gasteiger partial charge in [-0.15, -0.1) is 0 Å². The second-order valence-electron chi connectivity index (χ2n) is 5.99. The fourth-order valence-corrected chi connectivity index (χ4v) is 3.17. The molecule has 9 heteroatoms. The van der Waals surface area contributed by atoms with E-state index in [9.17, 15) is 14.5 Å². The van der Waals surface area contributed by atoms with Crippen molar-refractivity contribution in [1.29, 1.82) is 0 Å². The molecule has 138 valence electrons. The molecule has 0 atom stereocenters. The van der Waals surface area contributed by atoms with Gasteiger partial charge in [0.2, 0.25) is 5.65 Å². The molecular weight excluding hydrogens is 363 g/mol. The number of halogens is 1. The summed E-state index contributed by atoms with van der Waals surface area (Å²) in [5, 5.41) is 11.5. The predicted octanol–water partition coefficient (Wildman–Crippen LogP) is 4.48.